The van der Waals surface area contributed by atoms with E-state index < -0.39 is 0 Å². The fraction of sp³-hybridized carbons (Fsp3) is 0.550. The van der Waals surface area contributed by atoms with Crippen LogP contribution in [0.15, 0.2) is 29.5 Å². The number of aromatic nitrogens is 3. The fourth-order valence-corrected chi connectivity index (χ4v) is 3.24. The van der Waals surface area contributed by atoms with Gasteiger partial charge in [-0.2, -0.15) is 5.10 Å². The van der Waals surface area contributed by atoms with Crippen molar-refractivity contribution < 1.29 is 9.47 Å². The first-order chi connectivity index (χ1) is 13.7. The summed E-state index contributed by atoms with van der Waals surface area (Å²) in [6.07, 6.45) is 6.53. The molecule has 1 aromatic carbocycles. The number of aliphatic imine (C=N–C) groups is 1. The number of guanidine groups is 1. The summed E-state index contributed by atoms with van der Waals surface area (Å²) in [7, 11) is 3.55. The molecular formula is C20H30N6O2. The molecule has 8 heteroatoms. The summed E-state index contributed by atoms with van der Waals surface area (Å²) in [4.78, 5) is 8.95. The van der Waals surface area contributed by atoms with Crippen molar-refractivity contribution in [2.75, 3.05) is 13.7 Å². The zero-order valence-electron chi connectivity index (χ0n) is 16.9. The largest absolute Gasteiger partial charge is 0.497 e. The van der Waals surface area contributed by atoms with E-state index in [4.69, 9.17) is 14.5 Å². The summed E-state index contributed by atoms with van der Waals surface area (Å²) < 4.78 is 13.4. The summed E-state index contributed by atoms with van der Waals surface area (Å²) in [5, 5.41) is 10.7. The standard InChI is InChI=1S/C20H30N6O2/c1-4-21-20(23-13-19-24-14-25-26(19)2)22-12-15-9-10-17(27-3)11-18(15)28-16-7-5-6-8-16/h9-11,14,16H,4-8,12-13H2,1-3H3,(H2,21,22,23). The third kappa shape index (κ3) is 5.37. The normalized spacial score (nSPS) is 14.9. The van der Waals surface area contributed by atoms with Crippen molar-refractivity contribution in [2.45, 2.75) is 51.8 Å². The summed E-state index contributed by atoms with van der Waals surface area (Å²) >= 11 is 0. The molecule has 1 fully saturated rings. The number of hydrogen-bond acceptors (Lipinski definition) is 5. The van der Waals surface area contributed by atoms with Gasteiger partial charge in [-0.05, 0) is 44.7 Å². The van der Waals surface area contributed by atoms with Gasteiger partial charge in [-0.15, -0.1) is 0 Å². The zero-order valence-corrected chi connectivity index (χ0v) is 16.9. The Morgan fingerprint density at radius 3 is 2.79 bits per heavy atom. The van der Waals surface area contributed by atoms with Gasteiger partial charge in [0, 0.05) is 25.2 Å². The van der Waals surface area contributed by atoms with Gasteiger partial charge in [-0.3, -0.25) is 4.68 Å². The topological polar surface area (TPSA) is 85.6 Å². The minimum absolute atomic E-state index is 0.289. The molecule has 0 spiro atoms. The lowest BCUT2D eigenvalue weighted by Gasteiger charge is -2.17. The first-order valence-electron chi connectivity index (χ1n) is 9.88. The summed E-state index contributed by atoms with van der Waals surface area (Å²) in [5.41, 5.74) is 1.04. The second kappa shape index (κ2) is 9.96. The van der Waals surface area contributed by atoms with E-state index in [-0.39, 0.29) is 6.10 Å². The maximum Gasteiger partial charge on any atom is 0.191 e. The van der Waals surface area contributed by atoms with Crippen LogP contribution in [0.4, 0.5) is 0 Å². The average molecular weight is 387 g/mol. The van der Waals surface area contributed by atoms with Crippen LogP contribution in [0.1, 0.15) is 44.0 Å². The second-order valence-corrected chi connectivity index (χ2v) is 6.85. The van der Waals surface area contributed by atoms with Crippen molar-refractivity contribution in [1.29, 1.82) is 0 Å². The maximum atomic E-state index is 6.26. The van der Waals surface area contributed by atoms with Gasteiger partial charge in [0.25, 0.3) is 0 Å². The molecule has 0 radical (unpaired) electrons. The SMILES string of the molecule is CCNC(=NCc1ccc(OC)cc1OC1CCCC1)NCc1ncnn1C. The molecule has 152 valence electrons. The van der Waals surface area contributed by atoms with Crippen LogP contribution in [0, 0.1) is 0 Å². The number of nitrogens with zero attached hydrogens (tertiary/aromatic N) is 4. The fourth-order valence-electron chi connectivity index (χ4n) is 3.24. The third-order valence-electron chi connectivity index (χ3n) is 4.84. The first kappa shape index (κ1) is 20.0. The van der Waals surface area contributed by atoms with Gasteiger partial charge in [0.2, 0.25) is 0 Å². The van der Waals surface area contributed by atoms with E-state index in [1.807, 2.05) is 32.2 Å². The molecule has 2 aromatic rings. The predicted molar refractivity (Wildman–Crippen MR) is 109 cm³/mol. The van der Waals surface area contributed by atoms with Crippen LogP contribution in [0.5, 0.6) is 11.5 Å². The minimum Gasteiger partial charge on any atom is -0.497 e. The molecule has 1 aliphatic rings. The van der Waals surface area contributed by atoms with Crippen LogP contribution in [0.2, 0.25) is 0 Å². The van der Waals surface area contributed by atoms with Crippen molar-refractivity contribution in [1.82, 2.24) is 25.4 Å². The lowest BCUT2D eigenvalue weighted by atomic mass is 10.2. The molecule has 8 nitrogen and oxygen atoms in total. The molecule has 0 amide bonds. The molecule has 3 rings (SSSR count). The molecule has 0 unspecified atom stereocenters. The van der Waals surface area contributed by atoms with Gasteiger partial charge >= 0.3 is 0 Å². The van der Waals surface area contributed by atoms with E-state index in [2.05, 4.69) is 20.7 Å². The van der Waals surface area contributed by atoms with Crippen LogP contribution in [-0.4, -0.2) is 40.5 Å². The summed E-state index contributed by atoms with van der Waals surface area (Å²) in [6, 6.07) is 5.94. The molecule has 1 aromatic heterocycles. The van der Waals surface area contributed by atoms with E-state index in [1.54, 1.807) is 18.1 Å². The zero-order chi connectivity index (χ0) is 19.8. The number of methoxy groups -OCH3 is 1. The van der Waals surface area contributed by atoms with Crippen molar-refractivity contribution in [3.05, 3.63) is 35.9 Å². The Morgan fingerprint density at radius 1 is 1.29 bits per heavy atom. The number of hydrogen-bond donors (Lipinski definition) is 2. The molecule has 0 atom stereocenters. The van der Waals surface area contributed by atoms with E-state index in [1.165, 1.54) is 12.8 Å². The lowest BCUT2D eigenvalue weighted by molar-refractivity contribution is 0.207. The quantitative estimate of drug-likeness (QED) is 0.535. The maximum absolute atomic E-state index is 6.26. The summed E-state index contributed by atoms with van der Waals surface area (Å²) in [5.74, 6) is 3.24. The lowest BCUT2D eigenvalue weighted by Crippen LogP contribution is -2.37. The van der Waals surface area contributed by atoms with Crippen molar-refractivity contribution in [3.63, 3.8) is 0 Å². The van der Waals surface area contributed by atoms with Crippen LogP contribution in [0.25, 0.3) is 0 Å². The molecule has 2 N–H and O–H groups in total. The Bertz CT molecular complexity index is 783. The molecule has 1 aliphatic carbocycles. The molecule has 1 saturated carbocycles. The van der Waals surface area contributed by atoms with Crippen LogP contribution in [-0.2, 0) is 20.1 Å². The molecule has 0 bridgehead atoms. The van der Waals surface area contributed by atoms with E-state index in [0.29, 0.717) is 13.1 Å². The third-order valence-corrected chi connectivity index (χ3v) is 4.84. The number of rotatable bonds is 8. The number of ether oxygens (including phenoxy) is 2. The van der Waals surface area contributed by atoms with Crippen LogP contribution < -0.4 is 20.1 Å². The first-order valence-corrected chi connectivity index (χ1v) is 9.88. The Balaban J connectivity index is 1.70. The number of benzene rings is 1. The molecular weight excluding hydrogens is 356 g/mol. The average Bonchev–Trinajstić information content (AvgIpc) is 3.36. The highest BCUT2D eigenvalue weighted by Crippen LogP contribution is 2.30. The summed E-state index contributed by atoms with van der Waals surface area (Å²) in [6.45, 7) is 3.89. The van der Waals surface area contributed by atoms with Crippen molar-refractivity contribution in [3.8, 4) is 11.5 Å². The number of aryl methyl sites for hydroxylation is 1. The van der Waals surface area contributed by atoms with E-state index in [0.717, 1.165) is 48.2 Å². The molecule has 0 saturated heterocycles. The molecule has 1 heterocycles. The van der Waals surface area contributed by atoms with Gasteiger partial charge in [0.1, 0.15) is 23.7 Å². The highest BCUT2D eigenvalue weighted by molar-refractivity contribution is 5.79. The Kier molecular flexibility index (Phi) is 7.11. The van der Waals surface area contributed by atoms with E-state index in [9.17, 15) is 0 Å². The number of nitrogens with one attached hydrogen (secondary N) is 2. The van der Waals surface area contributed by atoms with Gasteiger partial charge in [-0.1, -0.05) is 0 Å². The molecule has 28 heavy (non-hydrogen) atoms. The van der Waals surface area contributed by atoms with Gasteiger partial charge in [0.05, 0.1) is 26.3 Å². The van der Waals surface area contributed by atoms with Gasteiger partial charge in [0.15, 0.2) is 5.96 Å². The Morgan fingerprint density at radius 2 is 2.11 bits per heavy atom. The van der Waals surface area contributed by atoms with Crippen molar-refractivity contribution in [2.24, 2.45) is 12.0 Å². The van der Waals surface area contributed by atoms with Crippen LogP contribution >= 0.6 is 0 Å². The Labute approximate surface area is 166 Å². The van der Waals surface area contributed by atoms with Gasteiger partial charge < -0.3 is 20.1 Å². The minimum atomic E-state index is 0.289. The monoisotopic (exact) mass is 386 g/mol. The predicted octanol–water partition coefficient (Wildman–Crippen LogP) is 2.40. The highest BCUT2D eigenvalue weighted by Gasteiger charge is 2.18. The molecule has 0 aliphatic heterocycles. The highest BCUT2D eigenvalue weighted by atomic mass is 16.5. The van der Waals surface area contributed by atoms with E-state index >= 15 is 0 Å². The second-order valence-electron chi connectivity index (χ2n) is 6.85. The van der Waals surface area contributed by atoms with Crippen LogP contribution in [0.3, 0.4) is 0 Å². The van der Waals surface area contributed by atoms with Gasteiger partial charge in [-0.25, -0.2) is 9.98 Å². The smallest absolute Gasteiger partial charge is 0.191 e. The van der Waals surface area contributed by atoms with Crippen molar-refractivity contribution >= 4 is 5.96 Å². The Hall–Kier alpha value is -2.77.